The van der Waals surface area contributed by atoms with Crippen molar-refractivity contribution in [1.29, 1.82) is 0 Å². The van der Waals surface area contributed by atoms with E-state index < -0.39 is 11.9 Å². The minimum absolute atomic E-state index is 0.135. The topological polar surface area (TPSA) is 88.8 Å². The fourth-order valence-electron chi connectivity index (χ4n) is 2.64. The fraction of sp³-hybridized carbons (Fsp3) is 0.444. The summed E-state index contributed by atoms with van der Waals surface area (Å²) in [6, 6.07) is 5.42. The van der Waals surface area contributed by atoms with E-state index in [1.165, 1.54) is 0 Å². The molecule has 1 amide bonds. The van der Waals surface area contributed by atoms with Crippen molar-refractivity contribution in [3.05, 3.63) is 30.0 Å². The zero-order chi connectivity index (χ0) is 17.7. The third-order valence-corrected chi connectivity index (χ3v) is 3.86. The molecule has 1 aromatic heterocycles. The number of hydrogen-bond donors (Lipinski definition) is 2. The van der Waals surface area contributed by atoms with Gasteiger partial charge in [-0.15, -0.1) is 0 Å². The standard InChI is InChI=1S/C18H23NO5/c1-11(2)6-12(18(21)22)9-19-17(20)7-13-10-24-16-8-14(23-3)4-5-15(13)16/h4-5,8,10-12H,6-7,9H2,1-3H3,(H,19,20)(H,21,22). The van der Waals surface area contributed by atoms with E-state index in [-0.39, 0.29) is 24.8 Å². The molecule has 0 saturated heterocycles. The molecule has 1 heterocycles. The van der Waals surface area contributed by atoms with Crippen molar-refractivity contribution in [1.82, 2.24) is 5.32 Å². The summed E-state index contributed by atoms with van der Waals surface area (Å²) in [5, 5.41) is 12.8. The SMILES string of the molecule is COc1ccc2c(CC(=O)NCC(CC(C)C)C(=O)O)coc2c1. The molecular formula is C18H23NO5. The number of ether oxygens (including phenoxy) is 1. The number of benzene rings is 1. The summed E-state index contributed by atoms with van der Waals surface area (Å²) < 4.78 is 10.6. The molecule has 0 saturated carbocycles. The number of hydrogen-bond acceptors (Lipinski definition) is 4. The first-order chi connectivity index (χ1) is 11.4. The summed E-state index contributed by atoms with van der Waals surface area (Å²) in [7, 11) is 1.58. The van der Waals surface area contributed by atoms with Crippen molar-refractivity contribution >= 4 is 22.8 Å². The highest BCUT2D eigenvalue weighted by atomic mass is 16.5. The number of methoxy groups -OCH3 is 1. The number of carboxylic acid groups (broad SMARTS) is 1. The number of rotatable bonds is 8. The molecule has 0 fully saturated rings. The summed E-state index contributed by atoms with van der Waals surface area (Å²) >= 11 is 0. The minimum atomic E-state index is -0.884. The molecular weight excluding hydrogens is 310 g/mol. The predicted molar refractivity (Wildman–Crippen MR) is 90.1 cm³/mol. The Morgan fingerprint density at radius 2 is 2.08 bits per heavy atom. The summed E-state index contributed by atoms with van der Waals surface area (Å²) in [5.41, 5.74) is 1.42. The van der Waals surface area contributed by atoms with Crippen LogP contribution >= 0.6 is 0 Å². The van der Waals surface area contributed by atoms with Gasteiger partial charge in [0.05, 0.1) is 25.7 Å². The van der Waals surface area contributed by atoms with Crippen LogP contribution < -0.4 is 10.1 Å². The molecule has 0 aliphatic rings. The second-order valence-corrected chi connectivity index (χ2v) is 6.27. The van der Waals surface area contributed by atoms with E-state index in [9.17, 15) is 14.7 Å². The lowest BCUT2D eigenvalue weighted by molar-refractivity contribution is -0.142. The van der Waals surface area contributed by atoms with Gasteiger partial charge in [0.25, 0.3) is 0 Å². The van der Waals surface area contributed by atoms with Gasteiger partial charge in [0.2, 0.25) is 5.91 Å². The smallest absolute Gasteiger partial charge is 0.308 e. The van der Waals surface area contributed by atoms with E-state index in [0.717, 1.165) is 10.9 Å². The molecule has 0 radical (unpaired) electrons. The number of fused-ring (bicyclic) bond motifs is 1. The minimum Gasteiger partial charge on any atom is -0.497 e. The van der Waals surface area contributed by atoms with Crippen molar-refractivity contribution in [2.45, 2.75) is 26.7 Å². The second kappa shape index (κ2) is 7.86. The summed E-state index contributed by atoms with van der Waals surface area (Å²) in [5.74, 6) is -0.727. The van der Waals surface area contributed by atoms with Gasteiger partial charge >= 0.3 is 5.97 Å². The van der Waals surface area contributed by atoms with Crippen LogP contribution in [0.1, 0.15) is 25.8 Å². The van der Waals surface area contributed by atoms with Crippen LogP contribution in [0.3, 0.4) is 0 Å². The molecule has 1 unspecified atom stereocenters. The van der Waals surface area contributed by atoms with Crippen molar-refractivity contribution in [2.75, 3.05) is 13.7 Å². The van der Waals surface area contributed by atoms with Crippen LogP contribution in [0.15, 0.2) is 28.9 Å². The Hall–Kier alpha value is -2.50. The van der Waals surface area contributed by atoms with E-state index in [0.29, 0.717) is 17.8 Å². The number of carboxylic acids is 1. The van der Waals surface area contributed by atoms with Crippen LogP contribution in [-0.4, -0.2) is 30.6 Å². The molecule has 0 aliphatic carbocycles. The molecule has 24 heavy (non-hydrogen) atoms. The highest BCUT2D eigenvalue weighted by molar-refractivity contribution is 5.88. The first-order valence-electron chi connectivity index (χ1n) is 7.94. The lowest BCUT2D eigenvalue weighted by Gasteiger charge is -2.15. The lowest BCUT2D eigenvalue weighted by Crippen LogP contribution is -2.34. The van der Waals surface area contributed by atoms with Crippen LogP contribution in [0, 0.1) is 11.8 Å². The predicted octanol–water partition coefficient (Wildman–Crippen LogP) is 2.85. The maximum Gasteiger partial charge on any atom is 0.308 e. The Labute approximate surface area is 140 Å². The van der Waals surface area contributed by atoms with Crippen LogP contribution in [-0.2, 0) is 16.0 Å². The highest BCUT2D eigenvalue weighted by Gasteiger charge is 2.20. The number of nitrogens with one attached hydrogen (secondary N) is 1. The molecule has 6 heteroatoms. The molecule has 0 aliphatic heterocycles. The van der Waals surface area contributed by atoms with E-state index in [1.807, 2.05) is 26.0 Å². The van der Waals surface area contributed by atoms with Crippen molar-refractivity contribution < 1.29 is 23.8 Å². The Balaban J connectivity index is 1.98. The van der Waals surface area contributed by atoms with Gasteiger partial charge in [-0.2, -0.15) is 0 Å². The van der Waals surface area contributed by atoms with Gasteiger partial charge in [-0.05, 0) is 24.5 Å². The van der Waals surface area contributed by atoms with Crippen LogP contribution in [0.25, 0.3) is 11.0 Å². The van der Waals surface area contributed by atoms with Gasteiger partial charge in [-0.1, -0.05) is 13.8 Å². The average molecular weight is 333 g/mol. The van der Waals surface area contributed by atoms with E-state index >= 15 is 0 Å². The normalized spacial score (nSPS) is 12.3. The summed E-state index contributed by atoms with van der Waals surface area (Å²) in [4.78, 5) is 23.3. The lowest BCUT2D eigenvalue weighted by atomic mass is 9.97. The molecule has 0 bridgehead atoms. The summed E-state index contributed by atoms with van der Waals surface area (Å²) in [6.45, 7) is 4.06. The maximum absolute atomic E-state index is 12.1. The second-order valence-electron chi connectivity index (χ2n) is 6.27. The Morgan fingerprint density at radius 3 is 2.71 bits per heavy atom. The van der Waals surface area contributed by atoms with Gasteiger partial charge in [0, 0.05) is 23.6 Å². The third-order valence-electron chi connectivity index (χ3n) is 3.86. The number of amides is 1. The van der Waals surface area contributed by atoms with Gasteiger partial charge in [-0.3, -0.25) is 9.59 Å². The quantitative estimate of drug-likeness (QED) is 0.775. The number of carbonyl (C=O) groups excluding carboxylic acids is 1. The number of furan rings is 1. The molecule has 1 atom stereocenters. The van der Waals surface area contributed by atoms with E-state index in [2.05, 4.69) is 5.32 Å². The summed E-state index contributed by atoms with van der Waals surface area (Å²) in [6.07, 6.45) is 2.23. The van der Waals surface area contributed by atoms with Crippen molar-refractivity contribution in [3.63, 3.8) is 0 Å². The van der Waals surface area contributed by atoms with Gasteiger partial charge in [0.15, 0.2) is 0 Å². The molecule has 2 aromatic rings. The number of carbonyl (C=O) groups is 2. The highest BCUT2D eigenvalue weighted by Crippen LogP contribution is 2.25. The zero-order valence-electron chi connectivity index (χ0n) is 14.2. The monoisotopic (exact) mass is 333 g/mol. The van der Waals surface area contributed by atoms with Gasteiger partial charge < -0.3 is 19.6 Å². The maximum atomic E-state index is 12.1. The third kappa shape index (κ3) is 4.50. The van der Waals surface area contributed by atoms with Gasteiger partial charge in [-0.25, -0.2) is 0 Å². The molecule has 0 spiro atoms. The van der Waals surface area contributed by atoms with Crippen LogP contribution in [0.4, 0.5) is 0 Å². The van der Waals surface area contributed by atoms with E-state index in [1.54, 1.807) is 19.4 Å². The first kappa shape index (κ1) is 17.8. The average Bonchev–Trinajstić information content (AvgIpc) is 2.92. The van der Waals surface area contributed by atoms with Crippen molar-refractivity contribution in [3.8, 4) is 5.75 Å². The fourth-order valence-corrected chi connectivity index (χ4v) is 2.64. The Morgan fingerprint density at radius 1 is 1.33 bits per heavy atom. The first-order valence-corrected chi connectivity index (χ1v) is 7.94. The van der Waals surface area contributed by atoms with Crippen LogP contribution in [0.5, 0.6) is 5.75 Å². The molecule has 2 rings (SSSR count). The zero-order valence-corrected chi connectivity index (χ0v) is 14.2. The Kier molecular flexibility index (Phi) is 5.84. The van der Waals surface area contributed by atoms with E-state index in [4.69, 9.17) is 9.15 Å². The molecule has 130 valence electrons. The van der Waals surface area contributed by atoms with Gasteiger partial charge in [0.1, 0.15) is 11.3 Å². The number of aliphatic carboxylic acids is 1. The molecule has 1 aromatic carbocycles. The molecule has 6 nitrogen and oxygen atoms in total. The molecule has 2 N–H and O–H groups in total. The Bertz CT molecular complexity index is 719. The largest absolute Gasteiger partial charge is 0.497 e. The van der Waals surface area contributed by atoms with Crippen molar-refractivity contribution in [2.24, 2.45) is 11.8 Å². The van der Waals surface area contributed by atoms with Crippen LogP contribution in [0.2, 0.25) is 0 Å².